The lowest BCUT2D eigenvalue weighted by molar-refractivity contribution is 0.596. The average Bonchev–Trinajstić information content (AvgIpc) is 1.84. The number of sulfone groups is 1. The molecule has 0 bridgehead atoms. The van der Waals surface area contributed by atoms with E-state index in [9.17, 15) is 8.42 Å². The summed E-state index contributed by atoms with van der Waals surface area (Å²) in [5.41, 5.74) is 0.645. The van der Waals surface area contributed by atoms with Crippen molar-refractivity contribution in [2.45, 2.75) is 19.8 Å². The molecule has 4 heteroatoms. The molecule has 0 amide bonds. The van der Waals surface area contributed by atoms with Crippen molar-refractivity contribution in [3.8, 4) is 6.07 Å². The van der Waals surface area contributed by atoms with Crippen LogP contribution >= 0.6 is 0 Å². The zero-order chi connectivity index (χ0) is 9.61. The van der Waals surface area contributed by atoms with Gasteiger partial charge in [-0.25, -0.2) is 8.42 Å². The van der Waals surface area contributed by atoms with E-state index in [1.165, 1.54) is 0 Å². The summed E-state index contributed by atoms with van der Waals surface area (Å²) in [6.07, 6.45) is 0.724. The van der Waals surface area contributed by atoms with E-state index in [0.717, 1.165) is 0 Å². The van der Waals surface area contributed by atoms with Crippen LogP contribution < -0.4 is 0 Å². The molecule has 0 saturated carbocycles. The van der Waals surface area contributed by atoms with E-state index in [4.69, 9.17) is 5.26 Å². The fourth-order valence-corrected chi connectivity index (χ4v) is 2.30. The Labute approximate surface area is 73.6 Å². The van der Waals surface area contributed by atoms with Gasteiger partial charge >= 0.3 is 0 Å². The first-order valence-electron chi connectivity index (χ1n) is 3.69. The number of nitriles is 1. The van der Waals surface area contributed by atoms with Crippen LogP contribution in [0.2, 0.25) is 0 Å². The van der Waals surface area contributed by atoms with E-state index < -0.39 is 9.84 Å². The van der Waals surface area contributed by atoms with Gasteiger partial charge < -0.3 is 0 Å². The fraction of sp³-hybridized carbons (Fsp3) is 0.625. The summed E-state index contributed by atoms with van der Waals surface area (Å²) in [6, 6.07) is 1.91. The Morgan fingerprint density at radius 2 is 2.17 bits per heavy atom. The van der Waals surface area contributed by atoms with Crippen LogP contribution in [0.25, 0.3) is 0 Å². The van der Waals surface area contributed by atoms with Gasteiger partial charge in [0.25, 0.3) is 0 Å². The number of nitrogens with zero attached hydrogens (tertiary/aromatic N) is 1. The second kappa shape index (κ2) is 4.94. The normalized spacial score (nSPS) is 10.7. The molecule has 68 valence electrons. The van der Waals surface area contributed by atoms with Crippen LogP contribution in [0.1, 0.15) is 19.8 Å². The van der Waals surface area contributed by atoms with Crippen LogP contribution in [0.15, 0.2) is 12.2 Å². The highest BCUT2D eigenvalue weighted by Crippen LogP contribution is 2.01. The van der Waals surface area contributed by atoms with E-state index in [-0.39, 0.29) is 11.5 Å². The van der Waals surface area contributed by atoms with Crippen LogP contribution in [0, 0.1) is 11.3 Å². The average molecular weight is 187 g/mol. The number of unbranched alkanes of at least 4 members (excludes halogenated alkanes) is 1. The predicted octanol–water partition coefficient (Wildman–Crippen LogP) is 1.28. The van der Waals surface area contributed by atoms with Crippen LogP contribution in [-0.2, 0) is 9.84 Å². The molecule has 0 spiro atoms. The molecule has 0 fully saturated rings. The lowest BCUT2D eigenvalue weighted by Crippen LogP contribution is -2.11. The third-order valence-electron chi connectivity index (χ3n) is 1.21. The summed E-state index contributed by atoms with van der Waals surface area (Å²) in [4.78, 5) is 0. The lowest BCUT2D eigenvalue weighted by atomic mass is 10.4. The zero-order valence-electron chi connectivity index (χ0n) is 7.21. The monoisotopic (exact) mass is 187 g/mol. The van der Waals surface area contributed by atoms with Crippen molar-refractivity contribution in [3.05, 3.63) is 12.2 Å². The largest absolute Gasteiger partial charge is 0.229 e. The Morgan fingerprint density at radius 3 is 2.58 bits per heavy atom. The molecule has 0 aromatic rings. The molecule has 0 aliphatic carbocycles. The van der Waals surface area contributed by atoms with Gasteiger partial charge in [-0.3, -0.25) is 0 Å². The first-order valence-corrected chi connectivity index (χ1v) is 5.52. The van der Waals surface area contributed by atoms with Crippen molar-refractivity contribution >= 4 is 9.84 Å². The van der Waals surface area contributed by atoms with Gasteiger partial charge in [0.2, 0.25) is 0 Å². The first-order chi connectivity index (χ1) is 5.48. The van der Waals surface area contributed by atoms with Crippen LogP contribution in [-0.4, -0.2) is 19.9 Å². The summed E-state index contributed by atoms with van der Waals surface area (Å²) >= 11 is 0. The molecule has 0 rings (SSSR count). The Morgan fingerprint density at radius 1 is 1.58 bits per heavy atom. The smallest absolute Gasteiger partial charge is 0.154 e. The third kappa shape index (κ3) is 5.93. The van der Waals surface area contributed by atoms with Crippen molar-refractivity contribution in [2.75, 3.05) is 11.5 Å². The highest BCUT2D eigenvalue weighted by atomic mass is 32.2. The van der Waals surface area contributed by atoms with Gasteiger partial charge in [0.05, 0.1) is 17.6 Å². The summed E-state index contributed by atoms with van der Waals surface area (Å²) in [5.74, 6) is 0.131. The first kappa shape index (κ1) is 11.2. The molecule has 0 aliphatic rings. The zero-order valence-corrected chi connectivity index (χ0v) is 8.02. The van der Waals surface area contributed by atoms with Crippen molar-refractivity contribution < 1.29 is 8.42 Å². The van der Waals surface area contributed by atoms with Crippen LogP contribution in [0.4, 0.5) is 0 Å². The molecule has 0 atom stereocenters. The maximum absolute atomic E-state index is 11.1. The molecule has 0 unspecified atom stereocenters. The summed E-state index contributed by atoms with van der Waals surface area (Å²) in [6.45, 7) is 5.21. The van der Waals surface area contributed by atoms with E-state index in [0.29, 0.717) is 18.4 Å². The van der Waals surface area contributed by atoms with Gasteiger partial charge in [-0.05, 0) is 13.3 Å². The van der Waals surface area contributed by atoms with Gasteiger partial charge in [0.15, 0.2) is 9.84 Å². The Hall–Kier alpha value is -0.820. The number of rotatable bonds is 5. The van der Waals surface area contributed by atoms with Crippen molar-refractivity contribution in [3.63, 3.8) is 0 Å². The second-order valence-electron chi connectivity index (χ2n) is 2.81. The lowest BCUT2D eigenvalue weighted by Gasteiger charge is -2.00. The summed E-state index contributed by atoms with van der Waals surface area (Å²) < 4.78 is 22.3. The van der Waals surface area contributed by atoms with Gasteiger partial charge in [-0.2, -0.15) is 5.26 Å². The third-order valence-corrected chi connectivity index (χ3v) is 3.05. The molecule has 0 aromatic carbocycles. The molecule has 0 aliphatic heterocycles. The maximum Gasteiger partial charge on any atom is 0.154 e. The molecule has 0 N–H and O–H groups in total. The Kier molecular flexibility index (Phi) is 4.60. The number of hydrogen-bond acceptors (Lipinski definition) is 3. The Bertz CT molecular complexity index is 285. The molecular weight excluding hydrogens is 174 g/mol. The van der Waals surface area contributed by atoms with E-state index in [1.54, 1.807) is 6.92 Å². The molecule has 0 heterocycles. The molecular formula is C8H13NO2S. The van der Waals surface area contributed by atoms with Gasteiger partial charge in [0.1, 0.15) is 0 Å². The predicted molar refractivity (Wildman–Crippen MR) is 48.3 cm³/mol. The fourth-order valence-electron chi connectivity index (χ4n) is 0.819. The van der Waals surface area contributed by atoms with E-state index in [1.807, 2.05) is 6.07 Å². The van der Waals surface area contributed by atoms with Gasteiger partial charge in [-0.1, -0.05) is 12.2 Å². The summed E-state index contributed by atoms with van der Waals surface area (Å²) in [7, 11) is -3.00. The SMILES string of the molecule is C=C(C)CS(=O)(=O)CCCC#N. The van der Waals surface area contributed by atoms with E-state index in [2.05, 4.69) is 6.58 Å². The highest BCUT2D eigenvalue weighted by molar-refractivity contribution is 7.91. The molecule has 0 aromatic heterocycles. The standard InChI is InChI=1S/C8H13NO2S/c1-8(2)7-12(10,11)6-4-3-5-9/h1,3-4,6-7H2,2H3. The van der Waals surface area contributed by atoms with Crippen LogP contribution in [0.5, 0.6) is 0 Å². The van der Waals surface area contributed by atoms with Gasteiger partial charge in [-0.15, -0.1) is 0 Å². The van der Waals surface area contributed by atoms with E-state index >= 15 is 0 Å². The molecule has 3 nitrogen and oxygen atoms in total. The Balaban J connectivity index is 3.91. The quantitative estimate of drug-likeness (QED) is 0.481. The minimum Gasteiger partial charge on any atom is -0.229 e. The second-order valence-corrected chi connectivity index (χ2v) is 4.99. The van der Waals surface area contributed by atoms with Crippen molar-refractivity contribution in [1.82, 2.24) is 0 Å². The minimum absolute atomic E-state index is 0.0401. The van der Waals surface area contributed by atoms with Crippen molar-refractivity contribution in [2.24, 2.45) is 0 Å². The van der Waals surface area contributed by atoms with Gasteiger partial charge in [0, 0.05) is 6.42 Å². The molecule has 0 radical (unpaired) electrons. The highest BCUT2D eigenvalue weighted by Gasteiger charge is 2.09. The maximum atomic E-state index is 11.1. The summed E-state index contributed by atoms with van der Waals surface area (Å²) in [5, 5.41) is 8.18. The molecule has 0 saturated heterocycles. The minimum atomic E-state index is -3.00. The van der Waals surface area contributed by atoms with Crippen LogP contribution in [0.3, 0.4) is 0 Å². The molecule has 12 heavy (non-hydrogen) atoms. The number of hydrogen-bond donors (Lipinski definition) is 0. The topological polar surface area (TPSA) is 57.9 Å². The van der Waals surface area contributed by atoms with Crippen molar-refractivity contribution in [1.29, 1.82) is 5.26 Å².